The van der Waals surface area contributed by atoms with Gasteiger partial charge in [-0.1, -0.05) is 6.07 Å². The number of halogens is 1. The summed E-state index contributed by atoms with van der Waals surface area (Å²) in [5.74, 6) is -0.447. The molecule has 0 spiro atoms. The average Bonchev–Trinajstić information content (AvgIpc) is 2.50. The molecule has 0 saturated carbocycles. The maximum absolute atomic E-state index is 14.0. The fourth-order valence-corrected chi connectivity index (χ4v) is 2.94. The summed E-state index contributed by atoms with van der Waals surface area (Å²) in [5.41, 5.74) is 1.15. The number of nitrogens with zero attached hydrogens (tertiary/aromatic N) is 1. The Balaban J connectivity index is 1.84. The van der Waals surface area contributed by atoms with Crippen LogP contribution in [0.1, 0.15) is 44.7 Å². The molecule has 0 bridgehead atoms. The van der Waals surface area contributed by atoms with Gasteiger partial charge in [0.1, 0.15) is 11.4 Å². The lowest BCUT2D eigenvalue weighted by Crippen LogP contribution is -2.48. The molecular formula is C19H28FN3O3. The normalized spacial score (nSPS) is 15.5. The van der Waals surface area contributed by atoms with Crippen molar-refractivity contribution in [1.82, 2.24) is 10.2 Å². The predicted octanol–water partition coefficient (Wildman–Crippen LogP) is 3.96. The molecule has 3 amide bonds. The first kappa shape index (κ1) is 20.0. The number of hydrogen-bond donors (Lipinski definition) is 2. The van der Waals surface area contributed by atoms with Crippen molar-refractivity contribution in [2.24, 2.45) is 0 Å². The maximum Gasteiger partial charge on any atom is 0.410 e. The van der Waals surface area contributed by atoms with Crippen LogP contribution >= 0.6 is 0 Å². The SMILES string of the molecule is Cc1cc(C)c(NC(=O)NC2CCN(C(=O)OC(C)(C)C)CC2)c(F)c1. The van der Waals surface area contributed by atoms with Gasteiger partial charge in [0.25, 0.3) is 0 Å². The van der Waals surface area contributed by atoms with E-state index in [0.29, 0.717) is 31.5 Å². The van der Waals surface area contributed by atoms with E-state index >= 15 is 0 Å². The Morgan fingerprint density at radius 1 is 1.19 bits per heavy atom. The van der Waals surface area contributed by atoms with Crippen LogP contribution in [0.5, 0.6) is 0 Å². The molecular weight excluding hydrogens is 337 g/mol. The first-order valence-corrected chi connectivity index (χ1v) is 8.87. The third kappa shape index (κ3) is 5.61. The molecule has 6 nitrogen and oxygen atoms in total. The van der Waals surface area contributed by atoms with Gasteiger partial charge >= 0.3 is 12.1 Å². The number of aryl methyl sites for hydroxylation is 2. The first-order chi connectivity index (χ1) is 12.0. The number of anilines is 1. The van der Waals surface area contributed by atoms with Crippen molar-refractivity contribution in [3.63, 3.8) is 0 Å². The minimum absolute atomic E-state index is 0.0671. The van der Waals surface area contributed by atoms with Crippen LogP contribution in [0, 0.1) is 19.7 Å². The molecule has 1 fully saturated rings. The number of benzene rings is 1. The largest absolute Gasteiger partial charge is 0.444 e. The van der Waals surface area contributed by atoms with Crippen LogP contribution < -0.4 is 10.6 Å². The Morgan fingerprint density at radius 2 is 1.81 bits per heavy atom. The van der Waals surface area contributed by atoms with Crippen LogP contribution in [-0.2, 0) is 4.74 Å². The van der Waals surface area contributed by atoms with E-state index in [1.54, 1.807) is 18.7 Å². The molecule has 0 aliphatic carbocycles. The highest BCUT2D eigenvalue weighted by atomic mass is 19.1. The Bertz CT molecular complexity index is 654. The van der Waals surface area contributed by atoms with Gasteiger partial charge in [0.05, 0.1) is 5.69 Å². The van der Waals surface area contributed by atoms with Crippen molar-refractivity contribution in [3.05, 3.63) is 29.1 Å². The highest BCUT2D eigenvalue weighted by molar-refractivity contribution is 5.90. The van der Waals surface area contributed by atoms with Gasteiger partial charge in [-0.2, -0.15) is 0 Å². The Morgan fingerprint density at radius 3 is 2.35 bits per heavy atom. The number of carbonyl (C=O) groups excluding carboxylic acids is 2. The van der Waals surface area contributed by atoms with E-state index in [9.17, 15) is 14.0 Å². The molecule has 1 aliphatic rings. The lowest BCUT2D eigenvalue weighted by Gasteiger charge is -2.33. The molecule has 2 N–H and O–H groups in total. The van der Waals surface area contributed by atoms with E-state index in [1.807, 2.05) is 26.8 Å². The Kier molecular flexibility index (Phi) is 6.10. The molecule has 1 saturated heterocycles. The molecule has 0 radical (unpaired) electrons. The molecule has 0 unspecified atom stereocenters. The van der Waals surface area contributed by atoms with Crippen LogP contribution in [0.15, 0.2) is 12.1 Å². The zero-order valence-electron chi connectivity index (χ0n) is 16.1. The summed E-state index contributed by atoms with van der Waals surface area (Å²) in [6.45, 7) is 10.1. The summed E-state index contributed by atoms with van der Waals surface area (Å²) < 4.78 is 19.4. The lowest BCUT2D eigenvalue weighted by atomic mass is 10.1. The van der Waals surface area contributed by atoms with Gasteiger partial charge < -0.3 is 20.3 Å². The second kappa shape index (κ2) is 7.93. The average molecular weight is 365 g/mol. The summed E-state index contributed by atoms with van der Waals surface area (Å²) in [6.07, 6.45) is 0.919. The lowest BCUT2D eigenvalue weighted by molar-refractivity contribution is 0.0202. The van der Waals surface area contributed by atoms with E-state index in [2.05, 4.69) is 10.6 Å². The number of rotatable bonds is 2. The monoisotopic (exact) mass is 365 g/mol. The molecule has 1 heterocycles. The minimum Gasteiger partial charge on any atom is -0.444 e. The predicted molar refractivity (Wildman–Crippen MR) is 98.9 cm³/mol. The van der Waals surface area contributed by atoms with Crippen LogP contribution in [0.2, 0.25) is 0 Å². The van der Waals surface area contributed by atoms with Crippen molar-refractivity contribution in [3.8, 4) is 0 Å². The summed E-state index contributed by atoms with van der Waals surface area (Å²) >= 11 is 0. The molecule has 0 atom stereocenters. The van der Waals surface area contributed by atoms with E-state index in [0.717, 1.165) is 5.56 Å². The van der Waals surface area contributed by atoms with Crippen LogP contribution in [0.4, 0.5) is 19.7 Å². The van der Waals surface area contributed by atoms with E-state index in [-0.39, 0.29) is 17.8 Å². The minimum atomic E-state index is -0.526. The van der Waals surface area contributed by atoms with Gasteiger partial charge in [0.2, 0.25) is 0 Å². The van der Waals surface area contributed by atoms with Gasteiger partial charge in [-0.25, -0.2) is 14.0 Å². The molecule has 1 aliphatic heterocycles. The number of piperidine rings is 1. The van der Waals surface area contributed by atoms with Gasteiger partial charge in [-0.15, -0.1) is 0 Å². The fourth-order valence-electron chi connectivity index (χ4n) is 2.94. The number of urea groups is 1. The van der Waals surface area contributed by atoms with Crippen LogP contribution in [0.25, 0.3) is 0 Å². The number of nitrogens with one attached hydrogen (secondary N) is 2. The van der Waals surface area contributed by atoms with Gasteiger partial charge in [0, 0.05) is 19.1 Å². The Labute approximate surface area is 154 Å². The summed E-state index contributed by atoms with van der Waals surface area (Å²) in [6, 6.07) is 2.70. The van der Waals surface area contributed by atoms with Crippen LogP contribution in [-0.4, -0.2) is 41.8 Å². The molecule has 0 aromatic heterocycles. The first-order valence-electron chi connectivity index (χ1n) is 8.87. The molecule has 1 aromatic rings. The quantitative estimate of drug-likeness (QED) is 0.833. The number of ether oxygens (including phenoxy) is 1. The maximum atomic E-state index is 14.0. The third-order valence-corrected chi connectivity index (χ3v) is 4.15. The van der Waals surface area contributed by atoms with E-state index < -0.39 is 17.4 Å². The number of hydrogen-bond acceptors (Lipinski definition) is 3. The van der Waals surface area contributed by atoms with Crippen molar-refractivity contribution >= 4 is 17.8 Å². The number of carbonyl (C=O) groups is 2. The molecule has 2 rings (SSSR count). The van der Waals surface area contributed by atoms with Crippen LogP contribution in [0.3, 0.4) is 0 Å². The van der Waals surface area contributed by atoms with Gasteiger partial charge in [0.15, 0.2) is 0 Å². The number of likely N-dealkylation sites (tertiary alicyclic amines) is 1. The summed E-state index contributed by atoms with van der Waals surface area (Å²) in [4.78, 5) is 25.9. The van der Waals surface area contributed by atoms with Gasteiger partial charge in [-0.05, 0) is 64.7 Å². The Hall–Kier alpha value is -2.31. The van der Waals surface area contributed by atoms with E-state index in [1.165, 1.54) is 6.07 Å². The second-order valence-electron chi connectivity index (χ2n) is 7.78. The van der Waals surface area contributed by atoms with Crippen molar-refractivity contribution < 1.29 is 18.7 Å². The van der Waals surface area contributed by atoms with E-state index in [4.69, 9.17) is 4.74 Å². The van der Waals surface area contributed by atoms with Gasteiger partial charge in [-0.3, -0.25) is 0 Å². The zero-order chi connectivity index (χ0) is 19.5. The topological polar surface area (TPSA) is 70.7 Å². The highest BCUT2D eigenvalue weighted by Crippen LogP contribution is 2.21. The van der Waals surface area contributed by atoms with Crippen molar-refractivity contribution in [1.29, 1.82) is 0 Å². The number of amides is 3. The zero-order valence-corrected chi connectivity index (χ0v) is 16.1. The summed E-state index contributed by atoms with van der Waals surface area (Å²) in [5, 5.41) is 5.44. The molecule has 7 heteroatoms. The third-order valence-electron chi connectivity index (χ3n) is 4.15. The smallest absolute Gasteiger partial charge is 0.410 e. The molecule has 1 aromatic carbocycles. The highest BCUT2D eigenvalue weighted by Gasteiger charge is 2.27. The molecule has 144 valence electrons. The standard InChI is InChI=1S/C19H28FN3O3/c1-12-10-13(2)16(15(20)11-12)22-17(24)21-14-6-8-23(9-7-14)18(25)26-19(3,4)5/h10-11,14H,6-9H2,1-5H3,(H2,21,22,24). The summed E-state index contributed by atoms with van der Waals surface area (Å²) in [7, 11) is 0. The van der Waals surface area contributed by atoms with Crippen molar-refractivity contribution in [2.75, 3.05) is 18.4 Å². The second-order valence-corrected chi connectivity index (χ2v) is 7.78. The fraction of sp³-hybridized carbons (Fsp3) is 0.579. The van der Waals surface area contributed by atoms with Crippen molar-refractivity contribution in [2.45, 2.75) is 59.1 Å². The molecule has 26 heavy (non-hydrogen) atoms.